The van der Waals surface area contributed by atoms with Crippen LogP contribution in [0.25, 0.3) is 0 Å². The molecule has 1 aliphatic rings. The van der Waals surface area contributed by atoms with Crippen molar-refractivity contribution in [3.8, 4) is 0 Å². The molecular formula is C15H22O5. The fourth-order valence-electron chi connectivity index (χ4n) is 2.37. The molecule has 1 rings (SSSR count). The zero-order valence-corrected chi connectivity index (χ0v) is 12.3. The normalized spacial score (nSPS) is 18.1. The number of ketones is 2. The van der Waals surface area contributed by atoms with E-state index in [1.807, 2.05) is 13.8 Å². The summed E-state index contributed by atoms with van der Waals surface area (Å²) in [5.41, 5.74) is -0.370. The van der Waals surface area contributed by atoms with E-state index in [1.165, 1.54) is 7.11 Å². The van der Waals surface area contributed by atoms with Gasteiger partial charge in [-0.25, -0.2) is 0 Å². The van der Waals surface area contributed by atoms with Crippen LogP contribution in [0.5, 0.6) is 0 Å². The van der Waals surface area contributed by atoms with Gasteiger partial charge in [-0.2, -0.15) is 0 Å². The summed E-state index contributed by atoms with van der Waals surface area (Å²) in [6.07, 6.45) is 2.16. The lowest BCUT2D eigenvalue weighted by Crippen LogP contribution is -2.32. The predicted molar refractivity (Wildman–Crippen MR) is 73.2 cm³/mol. The van der Waals surface area contributed by atoms with Crippen molar-refractivity contribution in [2.75, 3.05) is 7.11 Å². The molecule has 1 saturated carbocycles. The molecule has 20 heavy (non-hydrogen) atoms. The summed E-state index contributed by atoms with van der Waals surface area (Å²) in [5, 5.41) is 9.93. The zero-order valence-electron chi connectivity index (χ0n) is 12.3. The van der Waals surface area contributed by atoms with Crippen LogP contribution in [0.4, 0.5) is 0 Å². The van der Waals surface area contributed by atoms with E-state index in [4.69, 9.17) is 0 Å². The minimum absolute atomic E-state index is 0.0395. The van der Waals surface area contributed by atoms with Gasteiger partial charge in [0.15, 0.2) is 11.6 Å². The van der Waals surface area contributed by atoms with Crippen molar-refractivity contribution >= 4 is 17.5 Å². The maximum Gasteiger partial charge on any atom is 0.305 e. The highest BCUT2D eigenvalue weighted by Gasteiger charge is 2.37. The number of carbonyl (C=O) groups is 3. The molecule has 0 aromatic carbocycles. The van der Waals surface area contributed by atoms with E-state index in [1.54, 1.807) is 0 Å². The average Bonchev–Trinajstić information content (AvgIpc) is 2.31. The number of unbranched alkanes of at least 4 members (excludes halogenated alkanes) is 1. The number of methoxy groups -OCH3 is 1. The van der Waals surface area contributed by atoms with E-state index in [9.17, 15) is 19.5 Å². The Balaban J connectivity index is 2.59. The van der Waals surface area contributed by atoms with Crippen molar-refractivity contribution in [3.05, 3.63) is 11.3 Å². The molecule has 0 unspecified atom stereocenters. The van der Waals surface area contributed by atoms with Gasteiger partial charge in [-0.1, -0.05) is 13.8 Å². The fourth-order valence-corrected chi connectivity index (χ4v) is 2.37. The lowest BCUT2D eigenvalue weighted by atomic mass is 9.73. The van der Waals surface area contributed by atoms with E-state index >= 15 is 0 Å². The Morgan fingerprint density at radius 2 is 1.65 bits per heavy atom. The molecule has 0 saturated heterocycles. The minimum atomic E-state index is -0.331. The predicted octanol–water partition coefficient (Wildman–Crippen LogP) is 2.49. The molecule has 5 nitrogen and oxygen atoms in total. The van der Waals surface area contributed by atoms with Gasteiger partial charge in [-0.3, -0.25) is 14.4 Å². The first-order valence-electron chi connectivity index (χ1n) is 6.82. The monoisotopic (exact) mass is 282 g/mol. The molecule has 0 aromatic rings. The number of aliphatic hydroxyl groups is 1. The van der Waals surface area contributed by atoms with Crippen LogP contribution in [-0.2, 0) is 19.1 Å². The molecule has 0 aliphatic heterocycles. The van der Waals surface area contributed by atoms with Gasteiger partial charge < -0.3 is 9.84 Å². The van der Waals surface area contributed by atoms with E-state index in [2.05, 4.69) is 4.74 Å². The second-order valence-electron chi connectivity index (χ2n) is 5.97. The molecule has 0 atom stereocenters. The molecule has 0 heterocycles. The summed E-state index contributed by atoms with van der Waals surface area (Å²) < 4.78 is 4.51. The molecule has 1 fully saturated rings. The molecule has 5 heteroatoms. The molecule has 0 bridgehead atoms. The van der Waals surface area contributed by atoms with Crippen molar-refractivity contribution in [3.63, 3.8) is 0 Å². The van der Waals surface area contributed by atoms with Crippen LogP contribution in [0.2, 0.25) is 0 Å². The van der Waals surface area contributed by atoms with E-state index in [0.717, 1.165) is 0 Å². The van der Waals surface area contributed by atoms with E-state index in [0.29, 0.717) is 12.8 Å². The third-order valence-corrected chi connectivity index (χ3v) is 3.40. The van der Waals surface area contributed by atoms with Gasteiger partial charge in [0.05, 0.1) is 12.7 Å². The van der Waals surface area contributed by atoms with Crippen molar-refractivity contribution in [1.82, 2.24) is 0 Å². The Morgan fingerprint density at radius 3 is 2.15 bits per heavy atom. The van der Waals surface area contributed by atoms with Gasteiger partial charge >= 0.3 is 5.97 Å². The number of Topliss-reactive ketones (excluding diaryl/α,β-unsaturated/α-hetero) is 2. The number of esters is 1. The first-order valence-corrected chi connectivity index (χ1v) is 6.82. The Kier molecular flexibility index (Phi) is 5.48. The van der Waals surface area contributed by atoms with Crippen LogP contribution in [-0.4, -0.2) is 29.8 Å². The Labute approximate surface area is 119 Å². The smallest absolute Gasteiger partial charge is 0.305 e. The molecule has 0 aromatic heterocycles. The van der Waals surface area contributed by atoms with Gasteiger partial charge in [0.2, 0.25) is 0 Å². The van der Waals surface area contributed by atoms with Crippen LogP contribution in [0, 0.1) is 5.41 Å². The Morgan fingerprint density at radius 1 is 1.15 bits per heavy atom. The van der Waals surface area contributed by atoms with Crippen LogP contribution in [0.15, 0.2) is 11.3 Å². The van der Waals surface area contributed by atoms with Gasteiger partial charge in [0.25, 0.3) is 0 Å². The summed E-state index contributed by atoms with van der Waals surface area (Å²) in [5.74, 6) is -1.00. The standard InChI is InChI=1S/C15H22O5/c1-15(2)8-11(17)14(12(18)9-15)10(16)6-4-5-7-13(19)20-3/h16H,4-9H2,1-3H3. The number of aliphatic hydroxyl groups excluding tert-OH is 1. The number of hydrogen-bond acceptors (Lipinski definition) is 5. The fraction of sp³-hybridized carbons (Fsp3) is 0.667. The van der Waals surface area contributed by atoms with Crippen molar-refractivity contribution in [2.45, 2.75) is 52.4 Å². The lowest BCUT2D eigenvalue weighted by molar-refractivity contribution is -0.140. The molecule has 112 valence electrons. The number of allylic oxidation sites excluding steroid dienone is 2. The highest BCUT2D eigenvalue weighted by molar-refractivity contribution is 6.22. The number of rotatable bonds is 5. The van der Waals surface area contributed by atoms with Gasteiger partial charge in [0.1, 0.15) is 5.76 Å². The lowest BCUT2D eigenvalue weighted by Gasteiger charge is -2.28. The maximum absolute atomic E-state index is 11.9. The SMILES string of the molecule is COC(=O)CCCCC(O)=C1C(=O)CC(C)(C)CC1=O. The van der Waals surface area contributed by atoms with Crippen LogP contribution in [0.3, 0.4) is 0 Å². The average molecular weight is 282 g/mol. The largest absolute Gasteiger partial charge is 0.511 e. The molecule has 1 N–H and O–H groups in total. The Bertz CT molecular complexity index is 423. The first-order chi connectivity index (χ1) is 9.26. The molecule has 0 amide bonds. The van der Waals surface area contributed by atoms with Gasteiger partial charge in [0, 0.05) is 25.7 Å². The maximum atomic E-state index is 11.9. The van der Waals surface area contributed by atoms with Crippen LogP contribution in [0.1, 0.15) is 52.4 Å². The second-order valence-corrected chi connectivity index (χ2v) is 5.97. The minimum Gasteiger partial charge on any atom is -0.511 e. The number of hydrogen-bond donors (Lipinski definition) is 1. The second kappa shape index (κ2) is 6.68. The van der Waals surface area contributed by atoms with Crippen LogP contribution < -0.4 is 0 Å². The van der Waals surface area contributed by atoms with Crippen molar-refractivity contribution in [1.29, 1.82) is 0 Å². The summed E-state index contributed by atoms with van der Waals surface area (Å²) >= 11 is 0. The molecule has 0 spiro atoms. The zero-order chi connectivity index (χ0) is 15.3. The highest BCUT2D eigenvalue weighted by Crippen LogP contribution is 2.34. The molecule has 1 aliphatic carbocycles. The van der Waals surface area contributed by atoms with Crippen molar-refractivity contribution < 1.29 is 24.2 Å². The molecule has 0 radical (unpaired) electrons. The Hall–Kier alpha value is -1.65. The summed E-state index contributed by atoms with van der Waals surface area (Å²) in [7, 11) is 1.32. The number of carbonyl (C=O) groups excluding carboxylic acids is 3. The quantitative estimate of drug-likeness (QED) is 0.275. The van der Waals surface area contributed by atoms with Crippen LogP contribution >= 0.6 is 0 Å². The summed E-state index contributed by atoms with van der Waals surface area (Å²) in [6.45, 7) is 3.74. The summed E-state index contributed by atoms with van der Waals surface area (Å²) in [6, 6.07) is 0. The summed E-state index contributed by atoms with van der Waals surface area (Å²) in [4.78, 5) is 34.8. The topological polar surface area (TPSA) is 80.7 Å². The van der Waals surface area contributed by atoms with E-state index < -0.39 is 0 Å². The third-order valence-electron chi connectivity index (χ3n) is 3.40. The number of ether oxygens (including phenoxy) is 1. The first kappa shape index (κ1) is 16.4. The van der Waals surface area contributed by atoms with Gasteiger partial charge in [-0.05, 0) is 18.3 Å². The third kappa shape index (κ3) is 4.47. The highest BCUT2D eigenvalue weighted by atomic mass is 16.5. The van der Waals surface area contributed by atoms with Crippen molar-refractivity contribution in [2.24, 2.45) is 5.41 Å². The van der Waals surface area contributed by atoms with E-state index in [-0.39, 0.29) is 60.0 Å². The van der Waals surface area contributed by atoms with Gasteiger partial charge in [-0.15, -0.1) is 0 Å². The molecular weight excluding hydrogens is 260 g/mol.